The number of amides is 1. The van der Waals surface area contributed by atoms with Crippen LogP contribution in [0.2, 0.25) is 0 Å². The quantitative estimate of drug-likeness (QED) is 0.801. The summed E-state index contributed by atoms with van der Waals surface area (Å²) in [5.41, 5.74) is 0.369. The van der Waals surface area contributed by atoms with Crippen LogP contribution in [-0.4, -0.2) is 41.8 Å². The Labute approximate surface area is 134 Å². The van der Waals surface area contributed by atoms with Crippen LogP contribution in [0.25, 0.3) is 0 Å². The highest BCUT2D eigenvalue weighted by atomic mass is 32.2. The van der Waals surface area contributed by atoms with E-state index in [1.807, 2.05) is 4.90 Å². The van der Waals surface area contributed by atoms with Gasteiger partial charge in [-0.2, -0.15) is 0 Å². The molecular formula is C17H29NO3S. The molecule has 1 heterocycles. The van der Waals surface area contributed by atoms with Crippen LogP contribution in [0.15, 0.2) is 0 Å². The number of carbonyl (C=O) groups excluding carboxylic acids is 1. The van der Waals surface area contributed by atoms with Crippen LogP contribution < -0.4 is 0 Å². The number of carbonyl (C=O) groups is 1. The van der Waals surface area contributed by atoms with Gasteiger partial charge < -0.3 is 4.90 Å². The number of fused-ring (bicyclic) bond motifs is 2. The average molecular weight is 327 g/mol. The number of nitrogens with zero attached hydrogens (tertiary/aromatic N) is 1. The first kappa shape index (κ1) is 16.3. The molecule has 0 N–H and O–H groups in total. The molecule has 2 unspecified atom stereocenters. The summed E-state index contributed by atoms with van der Waals surface area (Å²) in [6.07, 6.45) is 4.53. The lowest BCUT2D eigenvalue weighted by atomic mass is 9.65. The van der Waals surface area contributed by atoms with Crippen LogP contribution in [0.3, 0.4) is 0 Å². The maximum Gasteiger partial charge on any atom is 0.243 e. The highest BCUT2D eigenvalue weighted by molar-refractivity contribution is 7.94. The van der Waals surface area contributed by atoms with Gasteiger partial charge in [0, 0.05) is 12.6 Å². The van der Waals surface area contributed by atoms with Crippen LogP contribution in [-0.2, 0) is 14.6 Å². The van der Waals surface area contributed by atoms with Gasteiger partial charge in [-0.25, -0.2) is 8.42 Å². The molecule has 126 valence electrons. The second-order valence-corrected chi connectivity index (χ2v) is 12.2. The van der Waals surface area contributed by atoms with Crippen molar-refractivity contribution >= 4 is 15.7 Å². The Bertz CT molecular complexity index is 603. The molecule has 2 atom stereocenters. The Hall–Kier alpha value is -0.580. The largest absolute Gasteiger partial charge is 0.338 e. The van der Waals surface area contributed by atoms with Crippen molar-refractivity contribution in [1.82, 2.24) is 4.90 Å². The van der Waals surface area contributed by atoms with Crippen molar-refractivity contribution in [1.29, 1.82) is 0 Å². The van der Waals surface area contributed by atoms with Gasteiger partial charge >= 0.3 is 0 Å². The van der Waals surface area contributed by atoms with E-state index >= 15 is 0 Å². The fraction of sp³-hybridized carbons (Fsp3) is 0.941. The standard InChI is InChI=1S/C17H29NO3S/c1-15(2)8-12-9-17(5,10-15)11-18(12)14(19)16(3,4)22(20,21)13-6-7-13/h12-13H,6-11H2,1-5H3. The summed E-state index contributed by atoms with van der Waals surface area (Å²) in [7, 11) is -3.37. The first-order valence-corrected chi connectivity index (χ1v) is 9.97. The predicted molar refractivity (Wildman–Crippen MR) is 87.3 cm³/mol. The lowest BCUT2D eigenvalue weighted by Crippen LogP contribution is -2.52. The van der Waals surface area contributed by atoms with Gasteiger partial charge in [-0.15, -0.1) is 0 Å². The van der Waals surface area contributed by atoms with E-state index in [1.165, 1.54) is 0 Å². The molecule has 1 saturated heterocycles. The van der Waals surface area contributed by atoms with E-state index in [4.69, 9.17) is 0 Å². The summed E-state index contributed by atoms with van der Waals surface area (Å²) in [5, 5.41) is -0.291. The van der Waals surface area contributed by atoms with Crippen molar-refractivity contribution in [2.24, 2.45) is 10.8 Å². The molecule has 0 spiro atoms. The molecule has 2 saturated carbocycles. The van der Waals surface area contributed by atoms with Gasteiger partial charge in [0.1, 0.15) is 4.75 Å². The molecule has 1 aliphatic heterocycles. The maximum atomic E-state index is 13.1. The van der Waals surface area contributed by atoms with Crippen LogP contribution in [0.5, 0.6) is 0 Å². The minimum Gasteiger partial charge on any atom is -0.338 e. The molecule has 0 aromatic carbocycles. The Morgan fingerprint density at radius 3 is 2.27 bits per heavy atom. The lowest BCUT2D eigenvalue weighted by Gasteiger charge is -2.40. The Kier molecular flexibility index (Phi) is 3.32. The molecule has 0 aromatic heterocycles. The van der Waals surface area contributed by atoms with Crippen LogP contribution in [0.4, 0.5) is 0 Å². The molecule has 4 nitrogen and oxygen atoms in total. The summed E-state index contributed by atoms with van der Waals surface area (Å²) >= 11 is 0. The lowest BCUT2D eigenvalue weighted by molar-refractivity contribution is -0.134. The van der Waals surface area contributed by atoms with Crippen LogP contribution >= 0.6 is 0 Å². The van der Waals surface area contributed by atoms with Gasteiger partial charge in [0.05, 0.1) is 5.25 Å². The smallest absolute Gasteiger partial charge is 0.243 e. The zero-order valence-electron chi connectivity index (χ0n) is 14.5. The van der Waals surface area contributed by atoms with Gasteiger partial charge in [-0.05, 0) is 56.8 Å². The molecule has 3 aliphatic rings. The van der Waals surface area contributed by atoms with Crippen molar-refractivity contribution in [2.75, 3.05) is 6.54 Å². The molecule has 2 bridgehead atoms. The van der Waals surface area contributed by atoms with Crippen molar-refractivity contribution in [3.63, 3.8) is 0 Å². The van der Waals surface area contributed by atoms with E-state index < -0.39 is 14.6 Å². The Morgan fingerprint density at radius 1 is 1.14 bits per heavy atom. The predicted octanol–water partition coefficient (Wildman–Crippen LogP) is 2.77. The Balaban J connectivity index is 1.87. The molecule has 0 radical (unpaired) electrons. The summed E-state index contributed by atoms with van der Waals surface area (Å²) in [6.45, 7) is 10.7. The highest BCUT2D eigenvalue weighted by Crippen LogP contribution is 2.53. The first-order valence-electron chi connectivity index (χ1n) is 8.43. The first-order chi connectivity index (χ1) is 9.88. The number of sulfone groups is 1. The van der Waals surface area contributed by atoms with E-state index in [0.717, 1.165) is 19.3 Å². The summed E-state index contributed by atoms with van der Waals surface area (Å²) in [4.78, 5) is 15.0. The fourth-order valence-corrected chi connectivity index (χ4v) is 6.91. The summed E-state index contributed by atoms with van der Waals surface area (Å²) < 4.78 is 24.0. The third-order valence-corrected chi connectivity index (χ3v) is 8.81. The van der Waals surface area contributed by atoms with Crippen molar-refractivity contribution in [3.05, 3.63) is 0 Å². The second kappa shape index (κ2) is 4.49. The van der Waals surface area contributed by atoms with Crippen molar-refractivity contribution < 1.29 is 13.2 Å². The molecule has 22 heavy (non-hydrogen) atoms. The minimum absolute atomic E-state index is 0.140. The third-order valence-electron chi connectivity index (χ3n) is 5.87. The number of rotatable bonds is 3. The van der Waals surface area contributed by atoms with Gasteiger partial charge in [0.2, 0.25) is 5.91 Å². The third kappa shape index (κ3) is 2.40. The second-order valence-electron chi connectivity index (χ2n) is 9.40. The van der Waals surface area contributed by atoms with Gasteiger partial charge in [-0.3, -0.25) is 4.79 Å². The molecule has 2 aliphatic carbocycles. The molecule has 1 amide bonds. The number of likely N-dealkylation sites (tertiary alicyclic amines) is 1. The SMILES string of the molecule is CC1(C)CC2CC(C)(CN2C(=O)C(C)(C)S(=O)(=O)C2CC2)C1. The van der Waals surface area contributed by atoms with Crippen molar-refractivity contribution in [3.8, 4) is 0 Å². The Morgan fingerprint density at radius 2 is 1.73 bits per heavy atom. The van der Waals surface area contributed by atoms with E-state index in [0.29, 0.717) is 19.4 Å². The summed E-state index contributed by atoms with van der Waals surface area (Å²) in [5.74, 6) is -0.175. The topological polar surface area (TPSA) is 54.5 Å². The van der Waals surface area contributed by atoms with Crippen LogP contribution in [0.1, 0.15) is 66.7 Å². The van der Waals surface area contributed by atoms with E-state index in [-0.39, 0.29) is 28.0 Å². The van der Waals surface area contributed by atoms with E-state index in [1.54, 1.807) is 13.8 Å². The zero-order chi connectivity index (χ0) is 16.6. The average Bonchev–Trinajstić information content (AvgIpc) is 3.13. The van der Waals surface area contributed by atoms with E-state index in [2.05, 4.69) is 20.8 Å². The number of hydrogen-bond donors (Lipinski definition) is 0. The number of hydrogen-bond acceptors (Lipinski definition) is 3. The maximum absolute atomic E-state index is 13.1. The van der Waals surface area contributed by atoms with E-state index in [9.17, 15) is 13.2 Å². The fourth-order valence-electron chi connectivity index (χ4n) is 4.96. The molecule has 0 aromatic rings. The van der Waals surface area contributed by atoms with Crippen molar-refractivity contribution in [2.45, 2.75) is 82.8 Å². The van der Waals surface area contributed by atoms with Crippen LogP contribution in [0, 0.1) is 10.8 Å². The molecule has 5 heteroatoms. The van der Waals surface area contributed by atoms with Gasteiger partial charge in [0.15, 0.2) is 9.84 Å². The molecule has 3 rings (SSSR count). The monoisotopic (exact) mass is 327 g/mol. The zero-order valence-corrected chi connectivity index (χ0v) is 15.3. The normalized spacial score (nSPS) is 34.8. The molecule has 3 fully saturated rings. The van der Waals surface area contributed by atoms with Gasteiger partial charge in [-0.1, -0.05) is 20.8 Å². The molecular weight excluding hydrogens is 298 g/mol. The van der Waals surface area contributed by atoms with Gasteiger partial charge in [0.25, 0.3) is 0 Å². The summed E-state index contributed by atoms with van der Waals surface area (Å²) in [6, 6.07) is 0.204. The highest BCUT2D eigenvalue weighted by Gasteiger charge is 2.57. The minimum atomic E-state index is -3.37.